The Kier molecular flexibility index (Phi) is 8.95. The second kappa shape index (κ2) is 11.3. The van der Waals surface area contributed by atoms with Gasteiger partial charge >= 0.3 is 0 Å². The van der Waals surface area contributed by atoms with Crippen LogP contribution in [0.4, 0.5) is 0 Å². The molecule has 0 aromatic heterocycles. The molecule has 0 saturated carbocycles. The lowest BCUT2D eigenvalue weighted by Gasteiger charge is -2.16. The Bertz CT molecular complexity index is 529. The number of fused-ring (bicyclic) bond motifs is 2. The van der Waals surface area contributed by atoms with Crippen molar-refractivity contribution in [1.82, 2.24) is 0 Å². The minimum Gasteiger partial charge on any atom is -0.0654 e. The number of rotatable bonds is 7. The van der Waals surface area contributed by atoms with Gasteiger partial charge in [0.25, 0.3) is 0 Å². The Balaban J connectivity index is 0.000000187. The molecule has 132 valence electrons. The van der Waals surface area contributed by atoms with E-state index in [0.717, 1.165) is 0 Å². The maximum absolute atomic E-state index is 2.38. The molecule has 24 heavy (non-hydrogen) atoms. The van der Waals surface area contributed by atoms with Crippen molar-refractivity contribution in [3.8, 4) is 0 Å². The van der Waals surface area contributed by atoms with Crippen LogP contribution >= 0.6 is 0 Å². The van der Waals surface area contributed by atoms with Crippen LogP contribution in [-0.4, -0.2) is 0 Å². The molecule has 0 radical (unpaired) electrons. The van der Waals surface area contributed by atoms with E-state index in [0.29, 0.717) is 0 Å². The first kappa shape index (κ1) is 19.0. The van der Waals surface area contributed by atoms with Gasteiger partial charge in [-0.05, 0) is 47.6 Å². The molecule has 0 atom stereocenters. The number of hydrogen-bond donors (Lipinski definition) is 0. The van der Waals surface area contributed by atoms with E-state index < -0.39 is 0 Å². The van der Waals surface area contributed by atoms with Crippen LogP contribution < -0.4 is 0 Å². The molecule has 1 aliphatic rings. The molecule has 2 aromatic rings. The average molecular weight is 325 g/mol. The molecule has 3 rings (SSSR count). The van der Waals surface area contributed by atoms with Gasteiger partial charge in [0.15, 0.2) is 0 Å². The summed E-state index contributed by atoms with van der Waals surface area (Å²) in [4.78, 5) is 0. The first-order valence-corrected chi connectivity index (χ1v) is 10.4. The first-order chi connectivity index (χ1) is 11.8. The quantitative estimate of drug-likeness (QED) is 0.454. The Hall–Kier alpha value is -1.30. The normalized spacial score (nSPS) is 13.2. The van der Waals surface area contributed by atoms with E-state index in [4.69, 9.17) is 0 Å². The molecular formula is C24H36. The lowest BCUT2D eigenvalue weighted by molar-refractivity contribution is 0.585. The van der Waals surface area contributed by atoms with E-state index in [9.17, 15) is 0 Å². The van der Waals surface area contributed by atoms with Crippen LogP contribution in [0.2, 0.25) is 0 Å². The predicted octanol–water partition coefficient (Wildman–Crippen LogP) is 7.87. The minimum absolute atomic E-state index is 1.28. The van der Waals surface area contributed by atoms with E-state index in [1.807, 2.05) is 0 Å². The van der Waals surface area contributed by atoms with Gasteiger partial charge in [-0.25, -0.2) is 0 Å². The van der Waals surface area contributed by atoms with Crippen LogP contribution in [-0.2, 0) is 12.8 Å². The number of hydrogen-bond acceptors (Lipinski definition) is 0. The van der Waals surface area contributed by atoms with Crippen molar-refractivity contribution in [3.63, 3.8) is 0 Å². The number of aryl methyl sites for hydroxylation is 2. The summed E-state index contributed by atoms with van der Waals surface area (Å²) in [5, 5.41) is 2.79. The SMILES string of the molecule is CCCCCCCCCC.c1ccc2cc3c(cc2c1)CCCC3. The van der Waals surface area contributed by atoms with E-state index in [1.165, 1.54) is 87.8 Å². The summed E-state index contributed by atoms with van der Waals surface area (Å²) < 4.78 is 0. The van der Waals surface area contributed by atoms with E-state index in [2.05, 4.69) is 50.2 Å². The summed E-state index contributed by atoms with van der Waals surface area (Å²) in [6, 6.07) is 13.4. The number of unbranched alkanes of at least 4 members (excludes halogenated alkanes) is 7. The van der Waals surface area contributed by atoms with Crippen LogP contribution in [0, 0.1) is 0 Å². The third kappa shape index (κ3) is 6.30. The molecule has 0 spiro atoms. The summed E-state index contributed by atoms with van der Waals surface area (Å²) in [6.07, 6.45) is 16.7. The summed E-state index contributed by atoms with van der Waals surface area (Å²) in [5.74, 6) is 0. The molecule has 0 aliphatic heterocycles. The summed E-state index contributed by atoms with van der Waals surface area (Å²) in [6.45, 7) is 4.54. The third-order valence-electron chi connectivity index (χ3n) is 5.17. The van der Waals surface area contributed by atoms with Crippen molar-refractivity contribution >= 4 is 10.8 Å². The Morgan fingerprint density at radius 1 is 0.625 bits per heavy atom. The average Bonchev–Trinajstić information content (AvgIpc) is 2.63. The zero-order chi connectivity index (χ0) is 17.0. The molecule has 0 heterocycles. The Morgan fingerprint density at radius 2 is 1.04 bits per heavy atom. The highest BCUT2D eigenvalue weighted by Gasteiger charge is 2.09. The largest absolute Gasteiger partial charge is 0.0654 e. The van der Waals surface area contributed by atoms with Crippen LogP contribution in [0.5, 0.6) is 0 Å². The fourth-order valence-electron chi connectivity index (χ4n) is 3.64. The monoisotopic (exact) mass is 324 g/mol. The van der Waals surface area contributed by atoms with Crippen molar-refractivity contribution < 1.29 is 0 Å². The molecular weight excluding hydrogens is 288 g/mol. The molecule has 2 aromatic carbocycles. The van der Waals surface area contributed by atoms with Crippen LogP contribution in [0.3, 0.4) is 0 Å². The van der Waals surface area contributed by atoms with Crippen LogP contribution in [0.1, 0.15) is 89.2 Å². The highest BCUT2D eigenvalue weighted by Crippen LogP contribution is 2.26. The molecule has 0 bridgehead atoms. The molecule has 0 unspecified atom stereocenters. The predicted molar refractivity (Wildman–Crippen MR) is 109 cm³/mol. The topological polar surface area (TPSA) is 0 Å². The smallest absolute Gasteiger partial charge is 0.0181 e. The van der Waals surface area contributed by atoms with Crippen LogP contribution in [0.15, 0.2) is 36.4 Å². The fourth-order valence-corrected chi connectivity index (χ4v) is 3.64. The van der Waals surface area contributed by atoms with Gasteiger partial charge in [0, 0.05) is 0 Å². The highest BCUT2D eigenvalue weighted by atomic mass is 14.1. The molecule has 0 saturated heterocycles. The van der Waals surface area contributed by atoms with Gasteiger partial charge in [0.1, 0.15) is 0 Å². The number of benzene rings is 2. The van der Waals surface area contributed by atoms with E-state index in [1.54, 1.807) is 11.1 Å². The van der Waals surface area contributed by atoms with Crippen molar-refractivity contribution in [1.29, 1.82) is 0 Å². The maximum Gasteiger partial charge on any atom is -0.0181 e. The second-order valence-electron chi connectivity index (χ2n) is 7.30. The van der Waals surface area contributed by atoms with Gasteiger partial charge in [0.05, 0.1) is 0 Å². The second-order valence-corrected chi connectivity index (χ2v) is 7.30. The zero-order valence-corrected chi connectivity index (χ0v) is 15.9. The maximum atomic E-state index is 2.38. The summed E-state index contributed by atoms with van der Waals surface area (Å²) >= 11 is 0. The van der Waals surface area contributed by atoms with Gasteiger partial charge in [-0.1, -0.05) is 102 Å². The lowest BCUT2D eigenvalue weighted by Crippen LogP contribution is -2.01. The Morgan fingerprint density at radius 3 is 1.46 bits per heavy atom. The molecule has 0 amide bonds. The summed E-state index contributed by atoms with van der Waals surface area (Å²) in [5.41, 5.74) is 3.16. The van der Waals surface area contributed by atoms with Gasteiger partial charge < -0.3 is 0 Å². The van der Waals surface area contributed by atoms with Crippen molar-refractivity contribution in [2.45, 2.75) is 90.9 Å². The molecule has 0 nitrogen and oxygen atoms in total. The van der Waals surface area contributed by atoms with E-state index >= 15 is 0 Å². The Labute approximate surface area is 149 Å². The van der Waals surface area contributed by atoms with Crippen molar-refractivity contribution in [2.24, 2.45) is 0 Å². The van der Waals surface area contributed by atoms with Crippen molar-refractivity contribution in [3.05, 3.63) is 47.5 Å². The summed E-state index contributed by atoms with van der Waals surface area (Å²) in [7, 11) is 0. The van der Waals surface area contributed by atoms with Gasteiger partial charge in [-0.3, -0.25) is 0 Å². The third-order valence-corrected chi connectivity index (χ3v) is 5.17. The van der Waals surface area contributed by atoms with Crippen LogP contribution in [0.25, 0.3) is 10.8 Å². The fraction of sp³-hybridized carbons (Fsp3) is 0.583. The highest BCUT2D eigenvalue weighted by molar-refractivity contribution is 5.84. The molecule has 1 aliphatic carbocycles. The molecule has 0 fully saturated rings. The molecule has 0 N–H and O–H groups in total. The van der Waals surface area contributed by atoms with Crippen molar-refractivity contribution in [2.75, 3.05) is 0 Å². The first-order valence-electron chi connectivity index (χ1n) is 10.4. The lowest BCUT2D eigenvalue weighted by atomic mass is 9.89. The zero-order valence-electron chi connectivity index (χ0n) is 15.9. The van der Waals surface area contributed by atoms with Gasteiger partial charge in [-0.15, -0.1) is 0 Å². The minimum atomic E-state index is 1.28. The van der Waals surface area contributed by atoms with Gasteiger partial charge in [-0.2, -0.15) is 0 Å². The molecule has 0 heteroatoms. The standard InChI is InChI=1S/C14H14.C10H22/c1-2-6-12-10-14-8-4-3-7-13(14)9-11(12)5-1;1-3-5-7-9-10-8-6-4-2/h1-2,5-6,9-10H,3-4,7-8H2;3-10H2,1-2H3. The van der Waals surface area contributed by atoms with Gasteiger partial charge in [0.2, 0.25) is 0 Å². The van der Waals surface area contributed by atoms with E-state index in [-0.39, 0.29) is 0 Å².